The van der Waals surface area contributed by atoms with E-state index in [1.807, 2.05) is 6.07 Å². The van der Waals surface area contributed by atoms with E-state index in [2.05, 4.69) is 25.0 Å². The Morgan fingerprint density at radius 1 is 1.17 bits per heavy atom. The van der Waals surface area contributed by atoms with E-state index in [0.29, 0.717) is 23.7 Å². The number of imidazole rings is 1. The van der Waals surface area contributed by atoms with Crippen LogP contribution in [0.3, 0.4) is 0 Å². The Morgan fingerprint density at radius 3 is 2.69 bits per heavy atom. The van der Waals surface area contributed by atoms with Crippen molar-refractivity contribution >= 4 is 23.1 Å². The summed E-state index contributed by atoms with van der Waals surface area (Å²) < 4.78 is 40.3. The minimum atomic E-state index is -4.49. The highest BCUT2D eigenvalue weighted by atomic mass is 35.5. The van der Waals surface area contributed by atoms with E-state index in [0.717, 1.165) is 29.3 Å². The van der Waals surface area contributed by atoms with Crippen LogP contribution in [-0.4, -0.2) is 36.1 Å². The Bertz CT molecular complexity index is 1180. The van der Waals surface area contributed by atoms with Gasteiger partial charge < -0.3 is 9.88 Å². The number of hydrogen-bond donors (Lipinski definition) is 1. The number of anilines is 1. The quantitative estimate of drug-likeness (QED) is 0.536. The highest BCUT2D eigenvalue weighted by Crippen LogP contribution is 2.36. The van der Waals surface area contributed by atoms with Gasteiger partial charge in [0.2, 0.25) is 5.95 Å². The first-order valence-corrected chi connectivity index (χ1v) is 9.11. The van der Waals surface area contributed by atoms with Crippen LogP contribution in [0.4, 0.5) is 19.1 Å². The number of aromatic nitrogens is 6. The number of nitrogens with zero attached hydrogens (tertiary/aromatic N) is 6. The number of nitrogens with one attached hydrogen (secondary N) is 1. The summed E-state index contributed by atoms with van der Waals surface area (Å²) in [5.74, 6) is 0.180. The first-order chi connectivity index (χ1) is 13.9. The molecule has 1 N–H and O–H groups in total. The van der Waals surface area contributed by atoms with E-state index in [1.165, 1.54) is 0 Å². The lowest BCUT2D eigenvalue weighted by Crippen LogP contribution is -2.37. The monoisotopic (exact) mass is 419 g/mol. The van der Waals surface area contributed by atoms with E-state index in [4.69, 9.17) is 11.6 Å². The fourth-order valence-electron chi connectivity index (χ4n) is 3.54. The molecule has 148 valence electrons. The predicted octanol–water partition coefficient (Wildman–Crippen LogP) is 3.67. The zero-order valence-electron chi connectivity index (χ0n) is 14.7. The Morgan fingerprint density at radius 2 is 1.97 bits per heavy atom. The number of hydrogen-bond acceptors (Lipinski definition) is 5. The summed E-state index contributed by atoms with van der Waals surface area (Å²) in [7, 11) is 0. The van der Waals surface area contributed by atoms with Crippen LogP contribution in [0.5, 0.6) is 0 Å². The number of rotatable bonds is 2. The number of halogens is 4. The van der Waals surface area contributed by atoms with Gasteiger partial charge in [0.15, 0.2) is 0 Å². The molecule has 0 fully saturated rings. The fourth-order valence-corrected chi connectivity index (χ4v) is 3.75. The average Bonchev–Trinajstić information content (AvgIpc) is 3.34. The van der Waals surface area contributed by atoms with Crippen LogP contribution in [0.1, 0.15) is 28.7 Å². The maximum atomic E-state index is 12.9. The summed E-state index contributed by atoms with van der Waals surface area (Å²) >= 11 is 6.27. The molecule has 4 aromatic heterocycles. The number of H-pyrrole nitrogens is 1. The molecule has 1 aliphatic heterocycles. The van der Waals surface area contributed by atoms with Crippen molar-refractivity contribution in [2.24, 2.45) is 0 Å². The van der Waals surface area contributed by atoms with Gasteiger partial charge in [-0.3, -0.25) is 0 Å². The van der Waals surface area contributed by atoms with Gasteiger partial charge in [0.1, 0.15) is 6.04 Å². The third kappa shape index (κ3) is 3.00. The van der Waals surface area contributed by atoms with Gasteiger partial charge in [0.25, 0.3) is 0 Å². The molecule has 11 heteroatoms. The molecule has 0 aliphatic carbocycles. The fraction of sp³-hybridized carbons (Fsp3) is 0.222. The zero-order valence-corrected chi connectivity index (χ0v) is 15.5. The largest absolute Gasteiger partial charge is 0.419 e. The molecule has 5 heterocycles. The van der Waals surface area contributed by atoms with E-state index >= 15 is 0 Å². The molecule has 4 aromatic rings. The maximum absolute atomic E-state index is 12.9. The van der Waals surface area contributed by atoms with E-state index in [9.17, 15) is 13.2 Å². The zero-order chi connectivity index (χ0) is 20.2. The van der Waals surface area contributed by atoms with Crippen molar-refractivity contribution in [3.05, 3.63) is 70.8 Å². The lowest BCUT2D eigenvalue weighted by atomic mass is 10.00. The second-order valence-corrected chi connectivity index (χ2v) is 7.04. The molecule has 0 bridgehead atoms. The molecule has 29 heavy (non-hydrogen) atoms. The molecular weight excluding hydrogens is 407 g/mol. The van der Waals surface area contributed by atoms with Crippen LogP contribution in [0.15, 0.2) is 43.1 Å². The number of aromatic amines is 1. The van der Waals surface area contributed by atoms with Crippen molar-refractivity contribution in [2.45, 2.75) is 18.6 Å². The van der Waals surface area contributed by atoms with Gasteiger partial charge in [-0.1, -0.05) is 11.6 Å². The van der Waals surface area contributed by atoms with Gasteiger partial charge in [0.05, 0.1) is 33.8 Å². The SMILES string of the molecule is FC(F)(F)c1cnc(N2CCc3[nH]cnc3[C@@H]2c2cc3c(Cl)cccn3n2)nc1. The van der Waals surface area contributed by atoms with Crippen molar-refractivity contribution in [1.29, 1.82) is 0 Å². The number of fused-ring (bicyclic) bond motifs is 2. The molecular formula is C18H13ClF3N7. The molecule has 0 amide bonds. The summed E-state index contributed by atoms with van der Waals surface area (Å²) in [5, 5.41) is 5.15. The molecule has 7 nitrogen and oxygen atoms in total. The predicted molar refractivity (Wildman–Crippen MR) is 98.7 cm³/mol. The lowest BCUT2D eigenvalue weighted by molar-refractivity contribution is -0.138. The van der Waals surface area contributed by atoms with Crippen LogP contribution in [0, 0.1) is 0 Å². The third-order valence-corrected chi connectivity index (χ3v) is 5.22. The molecule has 0 unspecified atom stereocenters. The summed E-state index contributed by atoms with van der Waals surface area (Å²) in [4.78, 5) is 17.3. The smallest absolute Gasteiger partial charge is 0.348 e. The highest BCUT2D eigenvalue weighted by Gasteiger charge is 2.36. The first kappa shape index (κ1) is 17.9. The van der Waals surface area contributed by atoms with Crippen LogP contribution < -0.4 is 4.90 Å². The van der Waals surface area contributed by atoms with Gasteiger partial charge in [-0.05, 0) is 18.2 Å². The summed E-state index contributed by atoms with van der Waals surface area (Å²) in [6, 6.07) is 4.93. The Hall–Kier alpha value is -3.14. The van der Waals surface area contributed by atoms with Crippen molar-refractivity contribution in [3.63, 3.8) is 0 Å². The molecule has 0 radical (unpaired) electrons. The standard InChI is InChI=1S/C18H13ClF3N7/c19-11-2-1-4-29-14(11)6-13(27-29)16-15-12(25-9-26-15)3-5-28(16)17-23-7-10(8-24-17)18(20,21)22/h1-2,4,6-9,16H,3,5H2,(H,25,26)/t16-/m0/s1. The van der Waals surface area contributed by atoms with Gasteiger partial charge in [-0.15, -0.1) is 0 Å². The molecule has 1 aliphatic rings. The van der Waals surface area contributed by atoms with Crippen molar-refractivity contribution < 1.29 is 13.2 Å². The normalized spacial score (nSPS) is 17.0. The summed E-state index contributed by atoms with van der Waals surface area (Å²) in [6.45, 7) is 0.493. The van der Waals surface area contributed by atoms with Crippen LogP contribution >= 0.6 is 11.6 Å². The van der Waals surface area contributed by atoms with Gasteiger partial charge in [-0.2, -0.15) is 18.3 Å². The molecule has 0 spiro atoms. The number of alkyl halides is 3. The minimum Gasteiger partial charge on any atom is -0.348 e. The second kappa shape index (κ2) is 6.45. The van der Waals surface area contributed by atoms with E-state index in [1.54, 1.807) is 34.1 Å². The lowest BCUT2D eigenvalue weighted by Gasteiger charge is -2.33. The second-order valence-electron chi connectivity index (χ2n) is 6.64. The minimum absolute atomic E-state index is 0.180. The molecule has 0 saturated heterocycles. The van der Waals surface area contributed by atoms with Gasteiger partial charge in [-0.25, -0.2) is 19.5 Å². The van der Waals surface area contributed by atoms with Crippen LogP contribution in [-0.2, 0) is 12.6 Å². The van der Waals surface area contributed by atoms with E-state index in [-0.39, 0.29) is 5.95 Å². The summed E-state index contributed by atoms with van der Waals surface area (Å²) in [6.07, 6.45) is 1.09. The van der Waals surface area contributed by atoms with Crippen LogP contribution in [0.25, 0.3) is 5.52 Å². The van der Waals surface area contributed by atoms with Crippen LogP contribution in [0.2, 0.25) is 5.02 Å². The highest BCUT2D eigenvalue weighted by molar-refractivity contribution is 6.33. The topological polar surface area (TPSA) is 75.0 Å². The molecule has 0 saturated carbocycles. The average molecular weight is 420 g/mol. The molecule has 0 aromatic carbocycles. The Balaban J connectivity index is 1.61. The third-order valence-electron chi connectivity index (χ3n) is 4.90. The molecule has 5 rings (SSSR count). The van der Waals surface area contributed by atoms with E-state index < -0.39 is 17.8 Å². The molecule has 1 atom stereocenters. The van der Waals surface area contributed by atoms with Crippen molar-refractivity contribution in [1.82, 2.24) is 29.5 Å². The Kier molecular flexibility index (Phi) is 3.98. The number of pyridine rings is 1. The van der Waals surface area contributed by atoms with Gasteiger partial charge >= 0.3 is 6.18 Å². The van der Waals surface area contributed by atoms with Gasteiger partial charge in [0, 0.05) is 37.3 Å². The van der Waals surface area contributed by atoms with Crippen molar-refractivity contribution in [3.8, 4) is 0 Å². The maximum Gasteiger partial charge on any atom is 0.419 e. The van der Waals surface area contributed by atoms with Crippen molar-refractivity contribution in [2.75, 3.05) is 11.4 Å². The first-order valence-electron chi connectivity index (χ1n) is 8.73. The summed E-state index contributed by atoms with van der Waals surface area (Å²) in [5.41, 5.74) is 2.16. The Labute approximate surface area is 167 Å².